The molecule has 7 nitrogen and oxygen atoms in total. The van der Waals surface area contributed by atoms with E-state index in [2.05, 4.69) is 5.32 Å². The normalized spacial score (nSPS) is 13.7. The van der Waals surface area contributed by atoms with Crippen LogP contribution in [0, 0.1) is 0 Å². The summed E-state index contributed by atoms with van der Waals surface area (Å²) in [4.78, 5) is 36.9. The number of carbonyl (C=O) groups excluding carboxylic acids is 3. The lowest BCUT2D eigenvalue weighted by Crippen LogP contribution is -2.24. The molecule has 8 heteroatoms. The summed E-state index contributed by atoms with van der Waals surface area (Å²) in [6.07, 6.45) is 0. The molecule has 3 amide bonds. The van der Waals surface area contributed by atoms with E-state index in [1.165, 1.54) is 37.4 Å². The number of carbonyl (C=O) groups is 3. The Morgan fingerprint density at radius 3 is 2.32 bits per heavy atom. The smallest absolute Gasteiger partial charge is 0.261 e. The lowest BCUT2D eigenvalue weighted by molar-refractivity contribution is -0.113. The molecule has 3 rings (SSSR count). The van der Waals surface area contributed by atoms with Gasteiger partial charge >= 0.3 is 0 Å². The van der Waals surface area contributed by atoms with E-state index in [1.54, 1.807) is 18.2 Å². The standard InChI is InChI=1S/C17H14N2O5S/c1-19-16(21)13-8-7-11(9-14(13)17(19)22)18-15(20)10-25(23,24)12-5-3-2-4-6-12/h2-9H,10H2,1H3,(H,18,20). The number of imide groups is 1. The Bertz CT molecular complexity index is 983. The molecule has 0 bridgehead atoms. The highest BCUT2D eigenvalue weighted by atomic mass is 32.2. The fourth-order valence-corrected chi connectivity index (χ4v) is 3.68. The fraction of sp³-hybridized carbons (Fsp3) is 0.118. The Kier molecular flexibility index (Phi) is 4.13. The predicted molar refractivity (Wildman–Crippen MR) is 90.0 cm³/mol. The van der Waals surface area contributed by atoms with Gasteiger partial charge in [0.15, 0.2) is 9.84 Å². The van der Waals surface area contributed by atoms with Crippen molar-refractivity contribution in [1.29, 1.82) is 0 Å². The molecule has 25 heavy (non-hydrogen) atoms. The predicted octanol–water partition coefficient (Wildman–Crippen LogP) is 1.32. The van der Waals surface area contributed by atoms with Crippen molar-refractivity contribution < 1.29 is 22.8 Å². The maximum absolute atomic E-state index is 12.2. The molecule has 1 aliphatic heterocycles. The topological polar surface area (TPSA) is 101 Å². The summed E-state index contributed by atoms with van der Waals surface area (Å²) in [6, 6.07) is 11.9. The highest BCUT2D eigenvalue weighted by Crippen LogP contribution is 2.24. The second kappa shape index (κ2) is 6.14. The van der Waals surface area contributed by atoms with E-state index < -0.39 is 33.3 Å². The Hall–Kier alpha value is -3.00. The van der Waals surface area contributed by atoms with Crippen molar-refractivity contribution in [1.82, 2.24) is 4.90 Å². The second-order valence-electron chi connectivity index (χ2n) is 5.55. The van der Waals surface area contributed by atoms with Gasteiger partial charge in [-0.1, -0.05) is 18.2 Å². The van der Waals surface area contributed by atoms with Gasteiger partial charge in [-0.3, -0.25) is 19.3 Å². The van der Waals surface area contributed by atoms with Gasteiger partial charge in [0, 0.05) is 12.7 Å². The summed E-state index contributed by atoms with van der Waals surface area (Å²) in [5.74, 6) is -2.33. The van der Waals surface area contributed by atoms with E-state index >= 15 is 0 Å². The Morgan fingerprint density at radius 1 is 1.00 bits per heavy atom. The number of anilines is 1. The third kappa shape index (κ3) is 3.16. The van der Waals surface area contributed by atoms with Crippen LogP contribution in [0.4, 0.5) is 5.69 Å². The summed E-state index contributed by atoms with van der Waals surface area (Å²) in [5, 5.41) is 2.45. The number of nitrogens with zero attached hydrogens (tertiary/aromatic N) is 1. The summed E-state index contributed by atoms with van der Waals surface area (Å²) in [6.45, 7) is 0. The first-order chi connectivity index (χ1) is 11.8. The minimum absolute atomic E-state index is 0.0569. The monoisotopic (exact) mass is 358 g/mol. The summed E-state index contributed by atoms with van der Waals surface area (Å²) in [5.41, 5.74) is 0.682. The third-order valence-corrected chi connectivity index (χ3v) is 5.43. The van der Waals surface area contributed by atoms with Crippen LogP contribution in [0.1, 0.15) is 20.7 Å². The van der Waals surface area contributed by atoms with E-state index in [1.807, 2.05) is 0 Å². The largest absolute Gasteiger partial charge is 0.325 e. The number of rotatable bonds is 4. The molecule has 0 aromatic heterocycles. The second-order valence-corrected chi connectivity index (χ2v) is 7.54. The van der Waals surface area contributed by atoms with Crippen molar-refractivity contribution in [3.63, 3.8) is 0 Å². The molecule has 0 aliphatic carbocycles. The lowest BCUT2D eigenvalue weighted by Gasteiger charge is -2.07. The van der Waals surface area contributed by atoms with Gasteiger partial charge in [-0.25, -0.2) is 8.42 Å². The van der Waals surface area contributed by atoms with E-state index in [-0.39, 0.29) is 21.7 Å². The quantitative estimate of drug-likeness (QED) is 0.831. The molecule has 1 aliphatic rings. The molecule has 2 aromatic carbocycles. The van der Waals surface area contributed by atoms with E-state index in [4.69, 9.17) is 0 Å². The summed E-state index contributed by atoms with van der Waals surface area (Å²) in [7, 11) is -2.39. The molecule has 1 N–H and O–H groups in total. The van der Waals surface area contributed by atoms with Gasteiger partial charge in [-0.2, -0.15) is 0 Å². The van der Waals surface area contributed by atoms with Crippen LogP contribution in [0.25, 0.3) is 0 Å². The van der Waals surface area contributed by atoms with E-state index in [0.29, 0.717) is 0 Å². The number of amides is 3. The Balaban J connectivity index is 1.77. The molecular formula is C17H14N2O5S. The van der Waals surface area contributed by atoms with Crippen LogP contribution in [0.5, 0.6) is 0 Å². The van der Waals surface area contributed by atoms with Gasteiger partial charge in [0.1, 0.15) is 5.75 Å². The van der Waals surface area contributed by atoms with Crippen molar-refractivity contribution in [2.45, 2.75) is 4.90 Å². The van der Waals surface area contributed by atoms with Crippen LogP contribution in [-0.4, -0.2) is 43.8 Å². The SMILES string of the molecule is CN1C(=O)c2ccc(NC(=O)CS(=O)(=O)c3ccccc3)cc2C1=O. The minimum atomic E-state index is -3.76. The molecule has 0 spiro atoms. The van der Waals surface area contributed by atoms with Gasteiger partial charge in [0.25, 0.3) is 11.8 Å². The van der Waals surface area contributed by atoms with Crippen molar-refractivity contribution in [3.8, 4) is 0 Å². The first-order valence-corrected chi connectivity index (χ1v) is 8.99. The van der Waals surface area contributed by atoms with Crippen LogP contribution in [0.15, 0.2) is 53.4 Å². The zero-order valence-corrected chi connectivity index (χ0v) is 14.0. The van der Waals surface area contributed by atoms with Crippen molar-refractivity contribution in [2.75, 3.05) is 18.1 Å². The molecule has 0 radical (unpaired) electrons. The number of sulfone groups is 1. The van der Waals surface area contributed by atoms with Crippen LogP contribution in [0.3, 0.4) is 0 Å². The van der Waals surface area contributed by atoms with Crippen LogP contribution in [0.2, 0.25) is 0 Å². The van der Waals surface area contributed by atoms with Crippen LogP contribution < -0.4 is 5.32 Å². The molecule has 0 saturated heterocycles. The summed E-state index contributed by atoms with van der Waals surface area (Å²) >= 11 is 0. The lowest BCUT2D eigenvalue weighted by atomic mass is 10.1. The Morgan fingerprint density at radius 2 is 1.64 bits per heavy atom. The average molecular weight is 358 g/mol. The van der Waals surface area contributed by atoms with Crippen molar-refractivity contribution in [3.05, 3.63) is 59.7 Å². The molecule has 2 aromatic rings. The number of fused-ring (bicyclic) bond motifs is 1. The third-order valence-electron chi connectivity index (χ3n) is 3.80. The number of benzene rings is 2. The highest BCUT2D eigenvalue weighted by Gasteiger charge is 2.32. The summed E-state index contributed by atoms with van der Waals surface area (Å²) < 4.78 is 24.4. The van der Waals surface area contributed by atoms with Gasteiger partial charge in [-0.05, 0) is 30.3 Å². The first-order valence-electron chi connectivity index (χ1n) is 7.34. The zero-order valence-electron chi connectivity index (χ0n) is 13.2. The van der Waals surface area contributed by atoms with E-state index in [9.17, 15) is 22.8 Å². The fourth-order valence-electron chi connectivity index (χ4n) is 2.52. The maximum Gasteiger partial charge on any atom is 0.261 e. The first kappa shape index (κ1) is 16.8. The van der Waals surface area contributed by atoms with Gasteiger partial charge in [-0.15, -0.1) is 0 Å². The van der Waals surface area contributed by atoms with Crippen molar-refractivity contribution >= 4 is 33.2 Å². The van der Waals surface area contributed by atoms with Crippen LogP contribution >= 0.6 is 0 Å². The molecule has 1 heterocycles. The van der Waals surface area contributed by atoms with Crippen molar-refractivity contribution in [2.24, 2.45) is 0 Å². The number of nitrogens with one attached hydrogen (secondary N) is 1. The van der Waals surface area contributed by atoms with Gasteiger partial charge < -0.3 is 5.32 Å². The molecule has 0 fully saturated rings. The molecule has 128 valence electrons. The minimum Gasteiger partial charge on any atom is -0.325 e. The number of hydrogen-bond donors (Lipinski definition) is 1. The average Bonchev–Trinajstić information content (AvgIpc) is 2.79. The van der Waals surface area contributed by atoms with Gasteiger partial charge in [0.2, 0.25) is 5.91 Å². The number of hydrogen-bond acceptors (Lipinski definition) is 5. The molecule has 0 unspecified atom stereocenters. The maximum atomic E-state index is 12.2. The van der Waals surface area contributed by atoms with Gasteiger partial charge in [0.05, 0.1) is 16.0 Å². The van der Waals surface area contributed by atoms with E-state index in [0.717, 1.165) is 4.90 Å². The molecule has 0 atom stereocenters. The molecular weight excluding hydrogens is 344 g/mol. The zero-order chi connectivity index (χ0) is 18.2. The molecule has 0 saturated carbocycles. The van der Waals surface area contributed by atoms with Crippen LogP contribution in [-0.2, 0) is 14.6 Å². The Labute approximate surface area is 144 Å². The highest BCUT2D eigenvalue weighted by molar-refractivity contribution is 7.92.